The number of aliphatic imine (C=N–C) groups is 1. The van der Waals surface area contributed by atoms with E-state index in [4.69, 9.17) is 9.47 Å². The van der Waals surface area contributed by atoms with E-state index in [1.807, 2.05) is 36.4 Å². The van der Waals surface area contributed by atoms with Gasteiger partial charge in [0.1, 0.15) is 23.1 Å². The third-order valence-corrected chi connectivity index (χ3v) is 6.94. The number of nitrogens with zero attached hydrogens (tertiary/aromatic N) is 2. The first-order valence-electron chi connectivity index (χ1n) is 12.8. The second-order valence-corrected chi connectivity index (χ2v) is 9.64. The van der Waals surface area contributed by atoms with E-state index in [0.717, 1.165) is 23.3 Å². The first-order valence-corrected chi connectivity index (χ1v) is 12.8. The number of aryl methyl sites for hydroxylation is 1. The highest BCUT2D eigenvalue weighted by atomic mass is 19.4. The number of amidine groups is 1. The van der Waals surface area contributed by atoms with Crippen LogP contribution in [0.4, 0.5) is 28.9 Å². The molecular weight excluding hydrogens is 536 g/mol. The van der Waals surface area contributed by atoms with Crippen LogP contribution in [0.5, 0.6) is 5.75 Å². The van der Waals surface area contributed by atoms with Crippen molar-refractivity contribution in [2.45, 2.75) is 25.6 Å². The third-order valence-electron chi connectivity index (χ3n) is 6.94. The Bertz CT molecular complexity index is 1630. The molecule has 5 nitrogen and oxygen atoms in total. The van der Waals surface area contributed by atoms with Crippen LogP contribution in [0.1, 0.15) is 34.7 Å². The fourth-order valence-corrected chi connectivity index (χ4v) is 4.97. The summed E-state index contributed by atoms with van der Waals surface area (Å²) in [6.45, 7) is 1.70. The summed E-state index contributed by atoms with van der Waals surface area (Å²) in [6, 6.07) is 21.6. The summed E-state index contributed by atoms with van der Waals surface area (Å²) in [4.78, 5) is 18.8. The molecule has 210 valence electrons. The lowest BCUT2D eigenvalue weighted by Gasteiger charge is -2.38. The smallest absolute Gasteiger partial charge is 0.416 e. The Morgan fingerprint density at radius 1 is 0.902 bits per heavy atom. The maximum Gasteiger partial charge on any atom is 0.416 e. The molecule has 0 saturated heterocycles. The Balaban J connectivity index is 1.70. The monoisotopic (exact) mass is 562 g/mol. The minimum Gasteiger partial charge on any atom is -0.497 e. The maximum absolute atomic E-state index is 15.3. The molecule has 1 unspecified atom stereocenters. The van der Waals surface area contributed by atoms with Gasteiger partial charge in [-0.15, -0.1) is 0 Å². The molecule has 1 aliphatic heterocycles. The molecule has 0 saturated carbocycles. The molecule has 0 fully saturated rings. The van der Waals surface area contributed by atoms with Crippen molar-refractivity contribution in [2.24, 2.45) is 4.99 Å². The number of methoxy groups -OCH3 is 2. The van der Waals surface area contributed by atoms with Gasteiger partial charge in [-0.05, 0) is 60.0 Å². The number of esters is 1. The number of ether oxygens (including phenoxy) is 2. The molecule has 5 rings (SSSR count). The number of fused-ring (bicyclic) bond motifs is 1. The number of carbonyl (C=O) groups excluding carboxylic acids is 1. The lowest BCUT2D eigenvalue weighted by Crippen LogP contribution is -2.39. The van der Waals surface area contributed by atoms with Crippen molar-refractivity contribution >= 4 is 23.2 Å². The van der Waals surface area contributed by atoms with E-state index in [0.29, 0.717) is 22.4 Å². The van der Waals surface area contributed by atoms with Crippen LogP contribution in [0, 0.1) is 12.7 Å². The van der Waals surface area contributed by atoms with Gasteiger partial charge >= 0.3 is 12.1 Å². The lowest BCUT2D eigenvalue weighted by molar-refractivity contribution is -0.141. The zero-order chi connectivity index (χ0) is 29.3. The van der Waals surface area contributed by atoms with Crippen LogP contribution in [0.3, 0.4) is 0 Å². The highest BCUT2D eigenvalue weighted by Crippen LogP contribution is 2.44. The molecule has 1 aliphatic rings. The van der Waals surface area contributed by atoms with E-state index < -0.39 is 29.6 Å². The number of hydrogen-bond donors (Lipinski definition) is 0. The van der Waals surface area contributed by atoms with Crippen molar-refractivity contribution in [1.29, 1.82) is 0 Å². The van der Waals surface area contributed by atoms with Gasteiger partial charge in [-0.2, -0.15) is 13.2 Å². The fraction of sp³-hybridized carbons (Fsp3) is 0.188. The number of alkyl halides is 3. The summed E-state index contributed by atoms with van der Waals surface area (Å²) in [6.07, 6.45) is -4.84. The fourth-order valence-electron chi connectivity index (χ4n) is 4.97. The molecule has 0 spiro atoms. The second-order valence-electron chi connectivity index (χ2n) is 9.64. The van der Waals surface area contributed by atoms with Gasteiger partial charge in [0.05, 0.1) is 32.2 Å². The molecule has 0 N–H and O–H groups in total. The van der Waals surface area contributed by atoms with Crippen molar-refractivity contribution in [3.05, 3.63) is 113 Å². The predicted molar refractivity (Wildman–Crippen MR) is 149 cm³/mol. The SMILES string of the molecule is COC(=O)CC1c2cc(C)cc(F)c2N=C(c2ccc(-c3cccc(OC)c3)cc2)N1c1cccc(C(F)(F)F)c1. The Hall–Kier alpha value is -4.66. The second kappa shape index (κ2) is 11.1. The van der Waals surface area contributed by atoms with Crippen molar-refractivity contribution in [3.63, 3.8) is 0 Å². The first-order chi connectivity index (χ1) is 19.6. The van der Waals surface area contributed by atoms with Gasteiger partial charge in [0, 0.05) is 16.8 Å². The largest absolute Gasteiger partial charge is 0.497 e. The summed E-state index contributed by atoms with van der Waals surface area (Å²) >= 11 is 0. The van der Waals surface area contributed by atoms with E-state index >= 15 is 4.39 Å². The summed E-state index contributed by atoms with van der Waals surface area (Å²) in [5.41, 5.74) is 2.56. The van der Waals surface area contributed by atoms with Gasteiger partial charge in [0.25, 0.3) is 0 Å². The van der Waals surface area contributed by atoms with Crippen LogP contribution in [-0.2, 0) is 15.7 Å². The van der Waals surface area contributed by atoms with Gasteiger partial charge in [-0.25, -0.2) is 9.38 Å². The van der Waals surface area contributed by atoms with E-state index in [-0.39, 0.29) is 23.6 Å². The Labute approximate surface area is 234 Å². The molecular formula is C32H26F4N2O3. The topological polar surface area (TPSA) is 51.1 Å². The standard InChI is InChI=1S/C32H26F4N2O3/c1-19-14-26-28(18-29(39)41-3)38(24-8-5-7-23(17-24)32(34,35)36)31(37-30(26)27(33)15-19)21-12-10-20(11-13-21)22-6-4-9-25(16-22)40-2/h4-17,28H,18H2,1-3H3. The van der Waals surface area contributed by atoms with E-state index in [1.165, 1.54) is 25.3 Å². The summed E-state index contributed by atoms with van der Waals surface area (Å²) in [5, 5.41) is 0. The van der Waals surface area contributed by atoms with E-state index in [9.17, 15) is 18.0 Å². The minimum absolute atomic E-state index is 0.0274. The summed E-state index contributed by atoms with van der Waals surface area (Å²) < 4.78 is 66.8. The van der Waals surface area contributed by atoms with Gasteiger partial charge in [-0.3, -0.25) is 4.79 Å². The highest BCUT2D eigenvalue weighted by molar-refractivity contribution is 6.13. The van der Waals surface area contributed by atoms with Crippen molar-refractivity contribution in [1.82, 2.24) is 0 Å². The molecule has 4 aromatic carbocycles. The van der Waals surface area contributed by atoms with E-state index in [1.54, 1.807) is 37.1 Å². The Kier molecular flexibility index (Phi) is 7.53. The van der Waals surface area contributed by atoms with Crippen LogP contribution in [-0.4, -0.2) is 26.0 Å². The molecule has 4 aromatic rings. The molecule has 41 heavy (non-hydrogen) atoms. The minimum atomic E-state index is -4.60. The number of carbonyl (C=O) groups is 1. The molecule has 9 heteroatoms. The van der Waals surface area contributed by atoms with Crippen LogP contribution in [0.2, 0.25) is 0 Å². The zero-order valence-electron chi connectivity index (χ0n) is 22.5. The van der Waals surface area contributed by atoms with Crippen LogP contribution >= 0.6 is 0 Å². The Morgan fingerprint density at radius 2 is 1.61 bits per heavy atom. The van der Waals surface area contributed by atoms with Gasteiger partial charge in [-0.1, -0.05) is 48.5 Å². The number of halogens is 4. The van der Waals surface area contributed by atoms with Gasteiger partial charge < -0.3 is 14.4 Å². The first kappa shape index (κ1) is 27.9. The van der Waals surface area contributed by atoms with Crippen LogP contribution in [0.25, 0.3) is 11.1 Å². The van der Waals surface area contributed by atoms with Gasteiger partial charge in [0.2, 0.25) is 0 Å². The summed E-state index contributed by atoms with van der Waals surface area (Å²) in [7, 11) is 2.80. The normalized spacial score (nSPS) is 14.8. The van der Waals surface area contributed by atoms with Crippen molar-refractivity contribution in [3.8, 4) is 16.9 Å². The number of anilines is 1. The molecule has 0 radical (unpaired) electrons. The third kappa shape index (κ3) is 5.66. The molecule has 1 heterocycles. The number of rotatable bonds is 6. The van der Waals surface area contributed by atoms with Crippen LogP contribution in [0.15, 0.2) is 89.9 Å². The van der Waals surface area contributed by atoms with Crippen molar-refractivity contribution in [2.75, 3.05) is 19.1 Å². The van der Waals surface area contributed by atoms with Gasteiger partial charge in [0.15, 0.2) is 0 Å². The molecule has 0 aliphatic carbocycles. The average molecular weight is 563 g/mol. The zero-order valence-corrected chi connectivity index (χ0v) is 22.5. The summed E-state index contributed by atoms with van der Waals surface area (Å²) in [5.74, 6) is -0.309. The lowest BCUT2D eigenvalue weighted by atomic mass is 9.93. The molecule has 0 amide bonds. The molecule has 0 bridgehead atoms. The van der Waals surface area contributed by atoms with Crippen molar-refractivity contribution < 1.29 is 31.8 Å². The maximum atomic E-state index is 15.3. The quantitative estimate of drug-likeness (QED) is 0.176. The average Bonchev–Trinajstić information content (AvgIpc) is 2.97. The number of benzene rings is 4. The molecule has 0 aromatic heterocycles. The van der Waals surface area contributed by atoms with E-state index in [2.05, 4.69) is 4.99 Å². The predicted octanol–water partition coefficient (Wildman–Crippen LogP) is 8.03. The number of hydrogen-bond acceptors (Lipinski definition) is 5. The Morgan fingerprint density at radius 3 is 2.29 bits per heavy atom. The highest BCUT2D eigenvalue weighted by Gasteiger charge is 2.37. The molecule has 1 atom stereocenters. The van der Waals surface area contributed by atoms with Crippen LogP contribution < -0.4 is 9.64 Å².